The molecule has 0 amide bonds. The van der Waals surface area contributed by atoms with E-state index in [9.17, 15) is 4.57 Å². The first-order valence-electron chi connectivity index (χ1n) is 2.04. The van der Waals surface area contributed by atoms with Crippen LogP contribution in [-0.4, -0.2) is 25.9 Å². The Bertz CT molecular complexity index is 116. The zero-order valence-corrected chi connectivity index (χ0v) is 6.74. The van der Waals surface area contributed by atoms with Gasteiger partial charge >= 0.3 is 6.87 Å². The van der Waals surface area contributed by atoms with E-state index < -0.39 is 6.87 Å². The summed E-state index contributed by atoms with van der Waals surface area (Å²) in [6, 6.07) is 0. The minimum absolute atomic E-state index is 1.31. The van der Waals surface area contributed by atoms with Gasteiger partial charge in [0.2, 0.25) is 0 Å². The monoisotopic (exact) mass is 157 g/mol. The van der Waals surface area contributed by atoms with Gasteiger partial charge in [0.1, 0.15) is 0 Å². The summed E-state index contributed by atoms with van der Waals surface area (Å²) in [5.74, 6) is 0. The van der Waals surface area contributed by atoms with Crippen molar-refractivity contribution in [1.29, 1.82) is 0 Å². The third kappa shape index (κ3) is 2.14. The molecular formula is C3H9ClNO2P. The second kappa shape index (κ2) is 2.83. The standard InChI is InChI=1S/C3H9ClNO2P/c1-5(2)8(4,6)7-3/h1-3H3/t8-/m1/s1. The SMILES string of the molecule is CO[P@](=O)(Cl)N(C)C. The zero-order chi connectivity index (χ0) is 6.78. The summed E-state index contributed by atoms with van der Waals surface area (Å²) >= 11 is 5.31. The van der Waals surface area contributed by atoms with E-state index in [1.54, 1.807) is 14.1 Å². The van der Waals surface area contributed by atoms with Crippen LogP contribution in [0.3, 0.4) is 0 Å². The summed E-state index contributed by atoms with van der Waals surface area (Å²) in [6.45, 7) is -2.94. The molecule has 0 bridgehead atoms. The number of hydrogen-bond acceptors (Lipinski definition) is 2. The van der Waals surface area contributed by atoms with Gasteiger partial charge in [-0.2, -0.15) is 0 Å². The molecule has 0 aliphatic carbocycles. The molecule has 0 unspecified atom stereocenters. The molecule has 0 saturated heterocycles. The highest BCUT2D eigenvalue weighted by atomic mass is 35.7. The van der Waals surface area contributed by atoms with Crippen LogP contribution < -0.4 is 0 Å². The molecule has 0 saturated carbocycles. The molecule has 0 radical (unpaired) electrons. The van der Waals surface area contributed by atoms with Gasteiger partial charge in [-0.15, -0.1) is 0 Å². The van der Waals surface area contributed by atoms with Gasteiger partial charge in [0.25, 0.3) is 0 Å². The van der Waals surface area contributed by atoms with E-state index in [1.807, 2.05) is 0 Å². The van der Waals surface area contributed by atoms with Gasteiger partial charge in [-0.3, -0.25) is 4.57 Å². The first-order valence-corrected chi connectivity index (χ1v) is 4.52. The number of hydrogen-bond donors (Lipinski definition) is 0. The van der Waals surface area contributed by atoms with E-state index in [-0.39, 0.29) is 0 Å². The summed E-state index contributed by atoms with van der Waals surface area (Å²) in [6.07, 6.45) is 0. The van der Waals surface area contributed by atoms with E-state index in [1.165, 1.54) is 11.8 Å². The molecule has 0 rings (SSSR count). The summed E-state index contributed by atoms with van der Waals surface area (Å²) in [4.78, 5) is 0. The van der Waals surface area contributed by atoms with E-state index in [4.69, 9.17) is 11.2 Å². The number of nitrogens with zero attached hydrogens (tertiary/aromatic N) is 1. The van der Waals surface area contributed by atoms with E-state index >= 15 is 0 Å². The summed E-state index contributed by atoms with van der Waals surface area (Å²) in [7, 11) is 4.50. The van der Waals surface area contributed by atoms with Crippen LogP contribution in [0.1, 0.15) is 0 Å². The average molecular weight is 158 g/mol. The van der Waals surface area contributed by atoms with Crippen molar-refractivity contribution in [3.63, 3.8) is 0 Å². The predicted octanol–water partition coefficient (Wildman–Crippen LogP) is 1.54. The van der Waals surface area contributed by atoms with E-state index in [0.717, 1.165) is 0 Å². The largest absolute Gasteiger partial charge is 0.362 e. The van der Waals surface area contributed by atoms with Crippen LogP contribution in [-0.2, 0) is 9.09 Å². The lowest BCUT2D eigenvalue weighted by atomic mass is 11.3. The third-order valence-electron chi connectivity index (χ3n) is 0.703. The van der Waals surface area contributed by atoms with Crippen molar-refractivity contribution in [3.05, 3.63) is 0 Å². The third-order valence-corrected chi connectivity index (χ3v) is 3.43. The average Bonchev–Trinajstić information content (AvgIpc) is 1.67. The van der Waals surface area contributed by atoms with Crippen molar-refractivity contribution in [3.8, 4) is 0 Å². The van der Waals surface area contributed by atoms with Gasteiger partial charge in [-0.25, -0.2) is 4.67 Å². The Kier molecular flexibility index (Phi) is 2.99. The molecule has 0 heterocycles. The van der Waals surface area contributed by atoms with Crippen LogP contribution in [0, 0.1) is 0 Å². The predicted molar refractivity (Wildman–Crippen MR) is 34.2 cm³/mol. The lowest BCUT2D eigenvalue weighted by Gasteiger charge is -2.13. The van der Waals surface area contributed by atoms with Crippen LogP contribution in [0.2, 0.25) is 0 Å². The van der Waals surface area contributed by atoms with Crippen molar-refractivity contribution in [2.24, 2.45) is 0 Å². The van der Waals surface area contributed by atoms with Gasteiger partial charge in [0, 0.05) is 7.11 Å². The topological polar surface area (TPSA) is 29.5 Å². The number of halogens is 1. The van der Waals surface area contributed by atoms with Gasteiger partial charge < -0.3 is 4.52 Å². The minimum atomic E-state index is -2.94. The Hall–Kier alpha value is 0.440. The van der Waals surface area contributed by atoms with Crippen molar-refractivity contribution in [1.82, 2.24) is 4.67 Å². The second-order valence-corrected chi connectivity index (χ2v) is 4.83. The molecule has 0 aromatic heterocycles. The molecule has 0 aromatic rings. The fourth-order valence-corrected chi connectivity index (χ4v) is 0.490. The molecule has 0 fully saturated rings. The van der Waals surface area contributed by atoms with Crippen molar-refractivity contribution in [2.75, 3.05) is 21.2 Å². The maximum atomic E-state index is 10.8. The Balaban J connectivity index is 3.93. The fourth-order valence-electron chi connectivity index (χ4n) is 0.163. The van der Waals surface area contributed by atoms with Crippen LogP contribution in [0.4, 0.5) is 0 Å². The Morgan fingerprint density at radius 2 is 2.00 bits per heavy atom. The first-order chi connectivity index (χ1) is 3.50. The molecule has 0 aliphatic heterocycles. The summed E-state index contributed by atoms with van der Waals surface area (Å²) in [5, 5.41) is 0. The molecule has 3 nitrogen and oxygen atoms in total. The Morgan fingerprint density at radius 3 is 2.00 bits per heavy atom. The molecular weight excluding hydrogens is 148 g/mol. The summed E-state index contributed by atoms with van der Waals surface area (Å²) in [5.41, 5.74) is 0. The Labute approximate surface area is 53.9 Å². The van der Waals surface area contributed by atoms with Crippen LogP contribution >= 0.6 is 18.1 Å². The lowest BCUT2D eigenvalue weighted by Crippen LogP contribution is -2.04. The van der Waals surface area contributed by atoms with Crippen LogP contribution in [0.25, 0.3) is 0 Å². The van der Waals surface area contributed by atoms with Crippen molar-refractivity contribution >= 4 is 18.1 Å². The molecule has 8 heavy (non-hydrogen) atoms. The zero-order valence-electron chi connectivity index (χ0n) is 5.09. The maximum absolute atomic E-state index is 10.8. The fraction of sp³-hybridized carbons (Fsp3) is 1.00. The van der Waals surface area contributed by atoms with E-state index in [0.29, 0.717) is 0 Å². The highest BCUT2D eigenvalue weighted by Gasteiger charge is 2.19. The molecule has 0 N–H and O–H groups in total. The molecule has 5 heteroatoms. The highest BCUT2D eigenvalue weighted by molar-refractivity contribution is 7.83. The lowest BCUT2D eigenvalue weighted by molar-refractivity contribution is 0.362. The van der Waals surface area contributed by atoms with Crippen LogP contribution in [0.15, 0.2) is 0 Å². The van der Waals surface area contributed by atoms with Gasteiger partial charge in [-0.1, -0.05) is 0 Å². The Morgan fingerprint density at radius 1 is 1.62 bits per heavy atom. The quantitative estimate of drug-likeness (QED) is 0.570. The van der Waals surface area contributed by atoms with Gasteiger partial charge in [-0.05, 0) is 25.3 Å². The van der Waals surface area contributed by atoms with Gasteiger partial charge in [0.15, 0.2) is 0 Å². The first kappa shape index (κ1) is 8.44. The normalized spacial score (nSPS) is 18.6. The smallest absolute Gasteiger partial charge is 0.309 e. The minimum Gasteiger partial charge on any atom is -0.309 e. The van der Waals surface area contributed by atoms with Crippen molar-refractivity contribution in [2.45, 2.75) is 0 Å². The van der Waals surface area contributed by atoms with E-state index in [2.05, 4.69) is 4.52 Å². The molecule has 0 aromatic carbocycles. The number of rotatable bonds is 2. The molecule has 0 aliphatic rings. The second-order valence-electron chi connectivity index (χ2n) is 1.48. The highest BCUT2D eigenvalue weighted by Crippen LogP contribution is 2.52. The maximum Gasteiger partial charge on any atom is 0.362 e. The van der Waals surface area contributed by atoms with Gasteiger partial charge in [0.05, 0.1) is 0 Å². The molecule has 1 atom stereocenters. The van der Waals surface area contributed by atoms with Crippen molar-refractivity contribution < 1.29 is 9.09 Å². The molecule has 50 valence electrons. The van der Waals surface area contributed by atoms with Crippen LogP contribution in [0.5, 0.6) is 0 Å². The summed E-state index contributed by atoms with van der Waals surface area (Å²) < 4.78 is 16.5. The molecule has 0 spiro atoms.